The fourth-order valence-corrected chi connectivity index (χ4v) is 1.10. The summed E-state index contributed by atoms with van der Waals surface area (Å²) in [7, 11) is 0. The highest BCUT2D eigenvalue weighted by atomic mass is 19.1. The van der Waals surface area contributed by atoms with E-state index in [1.54, 1.807) is 12.1 Å². The van der Waals surface area contributed by atoms with Crippen LogP contribution in [0.1, 0.15) is 36.7 Å². The van der Waals surface area contributed by atoms with E-state index in [0.717, 1.165) is 5.56 Å². The van der Waals surface area contributed by atoms with E-state index in [-0.39, 0.29) is 11.0 Å². The highest BCUT2D eigenvalue weighted by Crippen LogP contribution is 2.23. The number of carbonyl (C=O) groups is 1. The normalized spacial score (nSPS) is 11.4. The highest BCUT2D eigenvalue weighted by molar-refractivity contribution is 5.75. The minimum absolute atomic E-state index is 0.0501. The van der Waals surface area contributed by atoms with E-state index >= 15 is 0 Å². The van der Waals surface area contributed by atoms with Crippen LogP contribution in [-0.4, -0.2) is 6.29 Å². The predicted octanol–water partition coefficient (Wildman–Crippen LogP) is 2.94. The van der Waals surface area contributed by atoms with Gasteiger partial charge in [-0.1, -0.05) is 26.8 Å². The zero-order chi connectivity index (χ0) is 10.1. The highest BCUT2D eigenvalue weighted by Gasteiger charge is 2.15. The Bertz CT molecular complexity index is 323. The van der Waals surface area contributed by atoms with Crippen LogP contribution in [0.5, 0.6) is 0 Å². The van der Waals surface area contributed by atoms with Gasteiger partial charge < -0.3 is 0 Å². The van der Waals surface area contributed by atoms with Crippen LogP contribution in [-0.2, 0) is 5.41 Å². The van der Waals surface area contributed by atoms with Crippen molar-refractivity contribution in [1.82, 2.24) is 0 Å². The van der Waals surface area contributed by atoms with Crippen molar-refractivity contribution in [3.8, 4) is 0 Å². The molecule has 0 amide bonds. The van der Waals surface area contributed by atoms with Crippen molar-refractivity contribution in [1.29, 1.82) is 0 Å². The van der Waals surface area contributed by atoms with E-state index < -0.39 is 5.82 Å². The molecule has 0 aromatic heterocycles. The first-order valence-corrected chi connectivity index (χ1v) is 4.20. The number of carbonyl (C=O) groups excluding carboxylic acids is 1. The van der Waals surface area contributed by atoms with Crippen molar-refractivity contribution in [2.24, 2.45) is 0 Å². The van der Waals surface area contributed by atoms with E-state index in [4.69, 9.17) is 0 Å². The largest absolute Gasteiger partial charge is 0.298 e. The molecule has 0 saturated carbocycles. The van der Waals surface area contributed by atoms with Gasteiger partial charge >= 0.3 is 0 Å². The van der Waals surface area contributed by atoms with Gasteiger partial charge in [0.05, 0.1) is 5.56 Å². The zero-order valence-electron chi connectivity index (χ0n) is 8.10. The Morgan fingerprint density at radius 1 is 1.31 bits per heavy atom. The van der Waals surface area contributed by atoms with Crippen molar-refractivity contribution in [3.63, 3.8) is 0 Å². The molecule has 1 aromatic rings. The average molecular weight is 180 g/mol. The molecular weight excluding hydrogens is 167 g/mol. The second-order valence-electron chi connectivity index (χ2n) is 4.10. The minimum Gasteiger partial charge on any atom is -0.298 e. The van der Waals surface area contributed by atoms with Gasteiger partial charge in [0, 0.05) is 0 Å². The fourth-order valence-electron chi connectivity index (χ4n) is 1.10. The molecule has 0 fully saturated rings. The third-order valence-corrected chi connectivity index (χ3v) is 1.99. The molecule has 0 spiro atoms. The summed E-state index contributed by atoms with van der Waals surface area (Å²) in [5.41, 5.74) is 1.05. The van der Waals surface area contributed by atoms with Crippen LogP contribution in [0.3, 0.4) is 0 Å². The van der Waals surface area contributed by atoms with Crippen molar-refractivity contribution < 1.29 is 9.18 Å². The topological polar surface area (TPSA) is 17.1 Å². The minimum atomic E-state index is -0.456. The molecule has 1 rings (SSSR count). The van der Waals surface area contributed by atoms with Crippen LogP contribution in [0.2, 0.25) is 0 Å². The van der Waals surface area contributed by atoms with Gasteiger partial charge in [0.1, 0.15) is 5.82 Å². The lowest BCUT2D eigenvalue weighted by Gasteiger charge is -2.19. The molecule has 0 aliphatic heterocycles. The van der Waals surface area contributed by atoms with E-state index in [1.807, 2.05) is 20.8 Å². The molecule has 0 aliphatic rings. The maximum atomic E-state index is 12.9. The number of halogens is 1. The van der Waals surface area contributed by atoms with Gasteiger partial charge in [-0.25, -0.2) is 4.39 Å². The quantitative estimate of drug-likeness (QED) is 0.607. The molecule has 0 unspecified atom stereocenters. The van der Waals surface area contributed by atoms with Gasteiger partial charge in [-0.05, 0) is 23.1 Å². The van der Waals surface area contributed by atoms with E-state index in [0.29, 0.717) is 6.29 Å². The van der Waals surface area contributed by atoms with Crippen LogP contribution in [0.25, 0.3) is 0 Å². The summed E-state index contributed by atoms with van der Waals surface area (Å²) in [6, 6.07) is 4.65. The molecule has 1 aromatic carbocycles. The van der Waals surface area contributed by atoms with Crippen molar-refractivity contribution in [3.05, 3.63) is 35.1 Å². The van der Waals surface area contributed by atoms with Gasteiger partial charge in [0.2, 0.25) is 0 Å². The maximum absolute atomic E-state index is 12.9. The Hall–Kier alpha value is -1.18. The van der Waals surface area contributed by atoms with Crippen LogP contribution < -0.4 is 0 Å². The summed E-state index contributed by atoms with van der Waals surface area (Å²) in [6.07, 6.45) is 0.546. The van der Waals surface area contributed by atoms with Crippen LogP contribution >= 0.6 is 0 Å². The molecule has 0 aliphatic carbocycles. The predicted molar refractivity (Wildman–Crippen MR) is 50.5 cm³/mol. The summed E-state index contributed by atoms with van der Waals surface area (Å²) in [6.45, 7) is 6.07. The lowest BCUT2D eigenvalue weighted by molar-refractivity contribution is 0.111. The first kappa shape index (κ1) is 9.90. The maximum Gasteiger partial charge on any atom is 0.153 e. The van der Waals surface area contributed by atoms with Crippen molar-refractivity contribution >= 4 is 6.29 Å². The molecule has 0 N–H and O–H groups in total. The number of hydrogen-bond donors (Lipinski definition) is 0. The first-order valence-electron chi connectivity index (χ1n) is 4.20. The van der Waals surface area contributed by atoms with Crippen LogP contribution in [0.4, 0.5) is 4.39 Å². The lowest BCUT2D eigenvalue weighted by Crippen LogP contribution is -2.11. The molecule has 0 atom stereocenters. The second-order valence-corrected chi connectivity index (χ2v) is 4.10. The summed E-state index contributed by atoms with van der Waals surface area (Å²) >= 11 is 0. The Morgan fingerprint density at radius 3 is 2.38 bits per heavy atom. The third kappa shape index (κ3) is 2.14. The van der Waals surface area contributed by atoms with Crippen molar-refractivity contribution in [2.45, 2.75) is 26.2 Å². The van der Waals surface area contributed by atoms with Gasteiger partial charge in [0.15, 0.2) is 6.29 Å². The molecule has 2 heteroatoms. The molecule has 0 heterocycles. The molecule has 70 valence electrons. The van der Waals surface area contributed by atoms with Gasteiger partial charge in [0.25, 0.3) is 0 Å². The van der Waals surface area contributed by atoms with E-state index in [9.17, 15) is 9.18 Å². The van der Waals surface area contributed by atoms with Gasteiger partial charge in [-0.2, -0.15) is 0 Å². The summed E-state index contributed by atoms with van der Waals surface area (Å²) in [4.78, 5) is 10.5. The second kappa shape index (κ2) is 3.29. The van der Waals surface area contributed by atoms with Crippen LogP contribution in [0, 0.1) is 5.82 Å². The number of benzene rings is 1. The summed E-state index contributed by atoms with van der Waals surface area (Å²) < 4.78 is 12.9. The average Bonchev–Trinajstić information content (AvgIpc) is 2.03. The number of hydrogen-bond acceptors (Lipinski definition) is 1. The standard InChI is InChI=1S/C11H13FO/c1-11(2,3)9-4-5-10(12)8(6-9)7-13/h4-7H,1-3H3. The summed E-state index contributed by atoms with van der Waals surface area (Å²) in [5, 5.41) is 0. The Morgan fingerprint density at radius 2 is 1.92 bits per heavy atom. The Kier molecular flexibility index (Phi) is 2.50. The molecular formula is C11H13FO. The monoisotopic (exact) mass is 180 g/mol. The van der Waals surface area contributed by atoms with Gasteiger partial charge in [-0.3, -0.25) is 4.79 Å². The molecule has 0 bridgehead atoms. The molecule has 0 radical (unpaired) electrons. The SMILES string of the molecule is CC(C)(C)c1ccc(F)c(C=O)c1. The van der Waals surface area contributed by atoms with E-state index in [1.165, 1.54) is 6.07 Å². The number of aldehydes is 1. The Balaban J connectivity index is 3.21. The molecule has 13 heavy (non-hydrogen) atoms. The van der Waals surface area contributed by atoms with Crippen LogP contribution in [0.15, 0.2) is 18.2 Å². The smallest absolute Gasteiger partial charge is 0.153 e. The zero-order valence-corrected chi connectivity index (χ0v) is 8.10. The molecule has 1 nitrogen and oxygen atoms in total. The molecule has 0 saturated heterocycles. The summed E-state index contributed by atoms with van der Waals surface area (Å²) in [5.74, 6) is -0.456. The third-order valence-electron chi connectivity index (χ3n) is 1.99. The fraction of sp³-hybridized carbons (Fsp3) is 0.364. The van der Waals surface area contributed by atoms with Gasteiger partial charge in [-0.15, -0.1) is 0 Å². The first-order chi connectivity index (χ1) is 5.95. The lowest BCUT2D eigenvalue weighted by atomic mass is 9.86. The Labute approximate surface area is 77.6 Å². The van der Waals surface area contributed by atoms with E-state index in [2.05, 4.69) is 0 Å². The van der Waals surface area contributed by atoms with Crippen molar-refractivity contribution in [2.75, 3.05) is 0 Å². The number of rotatable bonds is 1.